The maximum atomic E-state index is 13.2. The van der Waals surface area contributed by atoms with Gasteiger partial charge in [-0.25, -0.2) is 4.79 Å². The molecule has 0 aliphatic carbocycles. The number of carbonyl (C=O) groups is 2. The lowest BCUT2D eigenvalue weighted by Crippen LogP contribution is -2.43. The first-order chi connectivity index (χ1) is 13.5. The number of nitrogens with one attached hydrogen (secondary N) is 1. The van der Waals surface area contributed by atoms with Gasteiger partial charge < -0.3 is 15.0 Å². The highest BCUT2D eigenvalue weighted by molar-refractivity contribution is 9.10. The molecule has 1 aliphatic rings. The number of hydrogen-bond donors (Lipinski definition) is 1. The number of ether oxygens (including phenoxy) is 1. The molecular weight excluding hydrogens is 420 g/mol. The Labute approximate surface area is 174 Å². The molecule has 28 heavy (non-hydrogen) atoms. The highest BCUT2D eigenvalue weighted by atomic mass is 79.9. The molecular formula is C22H25BrN2O3. The quantitative estimate of drug-likeness (QED) is 0.668. The highest BCUT2D eigenvalue weighted by Crippen LogP contribution is 2.46. The Morgan fingerprint density at radius 3 is 2.54 bits per heavy atom. The maximum absolute atomic E-state index is 13.2. The number of fused-ring (bicyclic) bond motifs is 1. The van der Waals surface area contributed by atoms with Crippen molar-refractivity contribution in [2.45, 2.75) is 38.7 Å². The summed E-state index contributed by atoms with van der Waals surface area (Å²) in [6.45, 7) is 5.06. The van der Waals surface area contributed by atoms with Crippen molar-refractivity contribution < 1.29 is 14.3 Å². The van der Waals surface area contributed by atoms with Crippen LogP contribution >= 0.6 is 15.9 Å². The first kappa shape index (κ1) is 20.4. The predicted molar refractivity (Wildman–Crippen MR) is 113 cm³/mol. The lowest BCUT2D eigenvalue weighted by molar-refractivity contribution is -0.123. The van der Waals surface area contributed by atoms with Crippen LogP contribution in [0.3, 0.4) is 0 Å². The molecule has 0 fully saturated rings. The smallest absolute Gasteiger partial charge is 0.407 e. The van der Waals surface area contributed by atoms with Crippen molar-refractivity contribution in [3.63, 3.8) is 0 Å². The number of carbonyl (C=O) groups excluding carboxylic acids is 2. The SMILES string of the molecule is CCC1(CC)C(=O)N(CCNC(=O)OCc2ccccc2)c2cc(Br)ccc21. The number of nitrogens with zero attached hydrogens (tertiary/aromatic N) is 1. The van der Waals surface area contributed by atoms with E-state index < -0.39 is 11.5 Å². The second kappa shape index (κ2) is 8.78. The van der Waals surface area contributed by atoms with Gasteiger partial charge in [0.15, 0.2) is 0 Å². The summed E-state index contributed by atoms with van der Waals surface area (Å²) in [5.41, 5.74) is 2.44. The van der Waals surface area contributed by atoms with E-state index in [1.165, 1.54) is 0 Å². The summed E-state index contributed by atoms with van der Waals surface area (Å²) in [6, 6.07) is 15.5. The molecule has 0 bridgehead atoms. The van der Waals surface area contributed by atoms with E-state index in [1.54, 1.807) is 4.90 Å². The zero-order valence-electron chi connectivity index (χ0n) is 16.2. The van der Waals surface area contributed by atoms with E-state index in [0.717, 1.165) is 34.1 Å². The van der Waals surface area contributed by atoms with Crippen LogP contribution in [-0.4, -0.2) is 25.1 Å². The molecule has 148 valence electrons. The Morgan fingerprint density at radius 1 is 1.14 bits per heavy atom. The van der Waals surface area contributed by atoms with Gasteiger partial charge in [0, 0.05) is 23.2 Å². The lowest BCUT2D eigenvalue weighted by Gasteiger charge is -2.26. The van der Waals surface area contributed by atoms with Crippen LogP contribution in [0.5, 0.6) is 0 Å². The number of amides is 2. The molecule has 0 aromatic heterocycles. The molecule has 0 spiro atoms. The summed E-state index contributed by atoms with van der Waals surface area (Å²) >= 11 is 3.50. The van der Waals surface area contributed by atoms with E-state index in [1.807, 2.05) is 48.5 Å². The normalized spacial score (nSPS) is 14.7. The number of hydrogen-bond acceptors (Lipinski definition) is 3. The Morgan fingerprint density at radius 2 is 1.86 bits per heavy atom. The second-order valence-electron chi connectivity index (χ2n) is 6.90. The van der Waals surface area contributed by atoms with Gasteiger partial charge in [-0.05, 0) is 36.1 Å². The van der Waals surface area contributed by atoms with Crippen LogP contribution in [0.25, 0.3) is 0 Å². The molecule has 0 saturated carbocycles. The van der Waals surface area contributed by atoms with Crippen LogP contribution in [0.1, 0.15) is 37.8 Å². The first-order valence-corrected chi connectivity index (χ1v) is 10.4. The van der Waals surface area contributed by atoms with Crippen molar-refractivity contribution in [2.75, 3.05) is 18.0 Å². The zero-order chi connectivity index (χ0) is 20.1. The van der Waals surface area contributed by atoms with Crippen molar-refractivity contribution in [3.8, 4) is 0 Å². The summed E-state index contributed by atoms with van der Waals surface area (Å²) in [4.78, 5) is 27.0. The van der Waals surface area contributed by atoms with Crippen molar-refractivity contribution in [3.05, 3.63) is 64.1 Å². The van der Waals surface area contributed by atoms with Gasteiger partial charge in [-0.2, -0.15) is 0 Å². The Balaban J connectivity index is 1.62. The Bertz CT molecular complexity index is 850. The maximum Gasteiger partial charge on any atom is 0.407 e. The second-order valence-corrected chi connectivity index (χ2v) is 7.81. The molecule has 6 heteroatoms. The third kappa shape index (κ3) is 3.92. The minimum Gasteiger partial charge on any atom is -0.445 e. The van der Waals surface area contributed by atoms with Crippen LogP contribution in [0, 0.1) is 0 Å². The molecule has 0 saturated heterocycles. The largest absolute Gasteiger partial charge is 0.445 e. The molecule has 2 aromatic rings. The van der Waals surface area contributed by atoms with Gasteiger partial charge in [-0.1, -0.05) is 66.2 Å². The van der Waals surface area contributed by atoms with Crippen LogP contribution in [0.15, 0.2) is 53.0 Å². The van der Waals surface area contributed by atoms with E-state index in [2.05, 4.69) is 35.1 Å². The first-order valence-electron chi connectivity index (χ1n) is 9.58. The zero-order valence-corrected chi connectivity index (χ0v) is 17.8. The van der Waals surface area contributed by atoms with Gasteiger partial charge in [-0.15, -0.1) is 0 Å². The van der Waals surface area contributed by atoms with Gasteiger partial charge in [0.2, 0.25) is 5.91 Å². The average Bonchev–Trinajstić information content (AvgIpc) is 2.94. The molecule has 0 unspecified atom stereocenters. The summed E-state index contributed by atoms with van der Waals surface area (Å²) in [5.74, 6) is 0.102. The predicted octanol–water partition coefficient (Wildman–Crippen LogP) is 4.78. The number of alkyl carbamates (subject to hydrolysis) is 1. The number of halogens is 1. The fourth-order valence-electron chi connectivity index (χ4n) is 3.81. The number of anilines is 1. The topological polar surface area (TPSA) is 58.6 Å². The van der Waals surface area contributed by atoms with E-state index in [4.69, 9.17) is 4.74 Å². The van der Waals surface area contributed by atoms with E-state index in [9.17, 15) is 9.59 Å². The lowest BCUT2D eigenvalue weighted by atomic mass is 9.77. The standard InChI is InChI=1S/C22H25BrN2O3/c1-3-22(4-2)18-11-10-17(23)14-19(18)25(20(22)26)13-12-24-21(27)28-15-16-8-6-5-7-9-16/h5-11,14H,3-4,12-13,15H2,1-2H3,(H,24,27). The average molecular weight is 445 g/mol. The summed E-state index contributed by atoms with van der Waals surface area (Å²) < 4.78 is 6.16. The third-order valence-electron chi connectivity index (χ3n) is 5.45. The van der Waals surface area contributed by atoms with Gasteiger partial charge >= 0.3 is 6.09 Å². The summed E-state index contributed by atoms with van der Waals surface area (Å²) in [5, 5.41) is 2.74. The van der Waals surface area contributed by atoms with Crippen molar-refractivity contribution in [1.82, 2.24) is 5.32 Å². The fraction of sp³-hybridized carbons (Fsp3) is 0.364. The number of rotatable bonds is 7. The minimum absolute atomic E-state index is 0.102. The minimum atomic E-state index is -0.484. The fourth-order valence-corrected chi connectivity index (χ4v) is 4.16. The van der Waals surface area contributed by atoms with Crippen LogP contribution in [-0.2, 0) is 21.6 Å². The highest BCUT2D eigenvalue weighted by Gasteiger charge is 2.48. The van der Waals surface area contributed by atoms with Crippen molar-refractivity contribution in [2.24, 2.45) is 0 Å². The van der Waals surface area contributed by atoms with Crippen LogP contribution in [0.4, 0.5) is 10.5 Å². The van der Waals surface area contributed by atoms with E-state index >= 15 is 0 Å². The summed E-state index contributed by atoms with van der Waals surface area (Å²) in [7, 11) is 0. The van der Waals surface area contributed by atoms with E-state index in [-0.39, 0.29) is 12.5 Å². The molecule has 3 rings (SSSR count). The molecule has 2 aromatic carbocycles. The third-order valence-corrected chi connectivity index (χ3v) is 5.94. The van der Waals surface area contributed by atoms with Crippen molar-refractivity contribution >= 4 is 33.6 Å². The van der Waals surface area contributed by atoms with E-state index in [0.29, 0.717) is 13.1 Å². The van der Waals surface area contributed by atoms with Gasteiger partial charge in [-0.3, -0.25) is 4.79 Å². The van der Waals surface area contributed by atoms with Crippen molar-refractivity contribution in [1.29, 1.82) is 0 Å². The molecule has 1 heterocycles. The monoisotopic (exact) mass is 444 g/mol. The molecule has 1 N–H and O–H groups in total. The van der Waals surface area contributed by atoms with Gasteiger partial charge in [0.25, 0.3) is 0 Å². The van der Waals surface area contributed by atoms with Gasteiger partial charge in [0.1, 0.15) is 6.61 Å². The molecule has 0 radical (unpaired) electrons. The van der Waals surface area contributed by atoms with Crippen LogP contribution < -0.4 is 10.2 Å². The Kier molecular flexibility index (Phi) is 6.39. The Hall–Kier alpha value is -2.34. The van der Waals surface area contributed by atoms with Crippen LogP contribution in [0.2, 0.25) is 0 Å². The summed E-state index contributed by atoms with van der Waals surface area (Å²) in [6.07, 6.45) is 1.02. The molecule has 2 amide bonds. The number of benzene rings is 2. The van der Waals surface area contributed by atoms with Gasteiger partial charge in [0.05, 0.1) is 5.41 Å². The molecule has 5 nitrogen and oxygen atoms in total. The molecule has 0 atom stereocenters. The molecule has 1 aliphatic heterocycles.